The highest BCUT2D eigenvalue weighted by molar-refractivity contribution is 7.18. The fourth-order valence-corrected chi connectivity index (χ4v) is 5.61. The summed E-state index contributed by atoms with van der Waals surface area (Å²) in [7, 11) is 0. The number of carbonyl (C=O) groups is 1. The number of fused-ring (bicyclic) bond motifs is 1. The van der Waals surface area contributed by atoms with Gasteiger partial charge in [-0.1, -0.05) is 37.3 Å². The number of rotatable bonds is 4. The van der Waals surface area contributed by atoms with Gasteiger partial charge >= 0.3 is 0 Å². The van der Waals surface area contributed by atoms with Crippen LogP contribution in [0.5, 0.6) is 0 Å². The molecule has 0 saturated carbocycles. The van der Waals surface area contributed by atoms with Gasteiger partial charge in [0.1, 0.15) is 10.7 Å². The van der Waals surface area contributed by atoms with Crippen molar-refractivity contribution in [1.29, 1.82) is 0 Å². The Hall–Kier alpha value is -3.45. The summed E-state index contributed by atoms with van der Waals surface area (Å²) in [5, 5.41) is 0.699. The number of aromatic nitrogens is 2. The molecule has 2 aromatic heterocycles. The standard InChI is InChI=1S/C26H26N4O2S/c1-3-21-17(2)33-25-22(21)24(31)27-23(28-25)18-9-11-19(12-10-18)26(32)30-15-13-29(14-16-30)20-7-5-4-6-8-20/h4-12H,3,13-16H2,1-2H3,(H,27,28,31). The summed E-state index contributed by atoms with van der Waals surface area (Å²) in [6.07, 6.45) is 0.812. The highest BCUT2D eigenvalue weighted by atomic mass is 32.1. The average molecular weight is 459 g/mol. The first-order valence-corrected chi connectivity index (χ1v) is 12.1. The van der Waals surface area contributed by atoms with E-state index < -0.39 is 0 Å². The Bertz CT molecular complexity index is 1350. The van der Waals surface area contributed by atoms with Crippen molar-refractivity contribution in [2.24, 2.45) is 0 Å². The molecule has 0 bridgehead atoms. The molecule has 1 aliphatic heterocycles. The summed E-state index contributed by atoms with van der Waals surface area (Å²) in [6.45, 7) is 7.11. The smallest absolute Gasteiger partial charge is 0.260 e. The second kappa shape index (κ2) is 8.83. The quantitative estimate of drug-likeness (QED) is 0.489. The molecule has 1 saturated heterocycles. The molecular formula is C26H26N4O2S. The number of hydrogen-bond donors (Lipinski definition) is 1. The third kappa shape index (κ3) is 4.04. The molecule has 6 nitrogen and oxygen atoms in total. The van der Waals surface area contributed by atoms with Crippen LogP contribution in [-0.2, 0) is 6.42 Å². The van der Waals surface area contributed by atoms with Gasteiger partial charge in [-0.05, 0) is 43.2 Å². The molecule has 5 rings (SSSR count). The molecule has 1 aliphatic rings. The van der Waals surface area contributed by atoms with E-state index in [-0.39, 0.29) is 11.5 Å². The SMILES string of the molecule is CCc1c(C)sc2nc(-c3ccc(C(=O)N4CCN(c5ccccc5)CC4)cc3)[nH]c(=O)c12. The molecule has 1 N–H and O–H groups in total. The number of amides is 1. The molecule has 0 spiro atoms. The van der Waals surface area contributed by atoms with Gasteiger partial charge in [0, 0.05) is 47.9 Å². The van der Waals surface area contributed by atoms with Crippen molar-refractivity contribution in [3.8, 4) is 11.4 Å². The van der Waals surface area contributed by atoms with Crippen LogP contribution in [0.3, 0.4) is 0 Å². The summed E-state index contributed by atoms with van der Waals surface area (Å²) in [4.78, 5) is 39.5. The maximum Gasteiger partial charge on any atom is 0.260 e. The van der Waals surface area contributed by atoms with E-state index >= 15 is 0 Å². The minimum Gasteiger partial charge on any atom is -0.368 e. The van der Waals surface area contributed by atoms with Gasteiger partial charge in [-0.15, -0.1) is 11.3 Å². The summed E-state index contributed by atoms with van der Waals surface area (Å²) in [5.41, 5.74) is 3.61. The number of nitrogens with zero attached hydrogens (tertiary/aromatic N) is 3. The summed E-state index contributed by atoms with van der Waals surface area (Å²) in [5.74, 6) is 0.569. The van der Waals surface area contributed by atoms with E-state index in [1.165, 1.54) is 5.69 Å². The Morgan fingerprint density at radius 1 is 1.03 bits per heavy atom. The summed E-state index contributed by atoms with van der Waals surface area (Å²) in [6, 6.07) is 17.7. The zero-order valence-electron chi connectivity index (χ0n) is 18.8. The van der Waals surface area contributed by atoms with E-state index in [0.29, 0.717) is 29.9 Å². The van der Waals surface area contributed by atoms with Gasteiger partial charge in [0.05, 0.1) is 5.39 Å². The minimum atomic E-state index is -0.104. The van der Waals surface area contributed by atoms with Crippen LogP contribution < -0.4 is 10.5 Å². The fraction of sp³-hybridized carbons (Fsp3) is 0.269. The number of carbonyl (C=O) groups excluding carboxylic acids is 1. The lowest BCUT2D eigenvalue weighted by Crippen LogP contribution is -2.48. The number of H-pyrrole nitrogens is 1. The normalized spacial score (nSPS) is 14.1. The molecule has 0 aliphatic carbocycles. The van der Waals surface area contributed by atoms with Crippen molar-refractivity contribution >= 4 is 33.1 Å². The molecule has 0 radical (unpaired) electrons. The number of anilines is 1. The second-order valence-corrected chi connectivity index (χ2v) is 9.48. The molecule has 0 atom stereocenters. The summed E-state index contributed by atoms with van der Waals surface area (Å²) < 4.78 is 0. The van der Waals surface area contributed by atoms with E-state index in [4.69, 9.17) is 4.98 Å². The topological polar surface area (TPSA) is 69.3 Å². The first-order chi connectivity index (χ1) is 16.0. The van der Waals surface area contributed by atoms with Crippen molar-refractivity contribution in [2.45, 2.75) is 20.3 Å². The lowest BCUT2D eigenvalue weighted by atomic mass is 10.1. The number of hydrogen-bond acceptors (Lipinski definition) is 5. The van der Waals surface area contributed by atoms with Crippen LogP contribution in [0.25, 0.3) is 21.6 Å². The van der Waals surface area contributed by atoms with E-state index in [0.717, 1.165) is 40.3 Å². The fourth-order valence-electron chi connectivity index (χ4n) is 4.50. The van der Waals surface area contributed by atoms with Gasteiger partial charge in [-0.2, -0.15) is 0 Å². The third-order valence-electron chi connectivity index (χ3n) is 6.31. The Morgan fingerprint density at radius 2 is 1.73 bits per heavy atom. The zero-order valence-corrected chi connectivity index (χ0v) is 19.6. The minimum absolute atomic E-state index is 0.0348. The number of para-hydroxylation sites is 1. The molecule has 1 amide bonds. The highest BCUT2D eigenvalue weighted by Crippen LogP contribution is 2.29. The van der Waals surface area contributed by atoms with Gasteiger partial charge in [-0.3, -0.25) is 9.59 Å². The summed E-state index contributed by atoms with van der Waals surface area (Å²) >= 11 is 1.56. The molecule has 7 heteroatoms. The van der Waals surface area contributed by atoms with Gasteiger partial charge < -0.3 is 14.8 Å². The molecule has 0 unspecified atom stereocenters. The zero-order chi connectivity index (χ0) is 22.9. The number of piperazine rings is 1. The molecule has 168 valence electrons. The maximum absolute atomic E-state index is 13.0. The van der Waals surface area contributed by atoms with Gasteiger partial charge in [0.2, 0.25) is 0 Å². The molecule has 1 fully saturated rings. The lowest BCUT2D eigenvalue weighted by molar-refractivity contribution is 0.0747. The molecule has 2 aromatic carbocycles. The highest BCUT2D eigenvalue weighted by Gasteiger charge is 2.22. The van der Waals surface area contributed by atoms with Gasteiger partial charge in [-0.25, -0.2) is 4.98 Å². The van der Waals surface area contributed by atoms with Crippen LogP contribution in [0.15, 0.2) is 59.4 Å². The predicted molar refractivity (Wildman–Crippen MR) is 134 cm³/mol. The van der Waals surface area contributed by atoms with Gasteiger partial charge in [0.15, 0.2) is 0 Å². The first-order valence-electron chi connectivity index (χ1n) is 11.3. The first kappa shape index (κ1) is 21.4. The van der Waals surface area contributed by atoms with Gasteiger partial charge in [0.25, 0.3) is 11.5 Å². The van der Waals surface area contributed by atoms with Crippen LogP contribution >= 0.6 is 11.3 Å². The predicted octanol–water partition coefficient (Wildman–Crippen LogP) is 4.48. The number of aromatic amines is 1. The Kier molecular flexibility index (Phi) is 5.72. The van der Waals surface area contributed by atoms with E-state index in [9.17, 15) is 9.59 Å². The average Bonchev–Trinajstić information content (AvgIpc) is 3.19. The maximum atomic E-state index is 13.0. The Labute approximate surface area is 196 Å². The van der Waals surface area contributed by atoms with Crippen molar-refractivity contribution < 1.29 is 4.79 Å². The number of benzene rings is 2. The third-order valence-corrected chi connectivity index (χ3v) is 7.35. The number of aryl methyl sites for hydroxylation is 2. The van der Waals surface area contributed by atoms with Crippen LogP contribution in [-0.4, -0.2) is 47.0 Å². The molecule has 33 heavy (non-hydrogen) atoms. The van der Waals surface area contributed by atoms with E-state index in [1.54, 1.807) is 11.3 Å². The monoisotopic (exact) mass is 458 g/mol. The number of nitrogens with one attached hydrogen (secondary N) is 1. The van der Waals surface area contributed by atoms with Crippen molar-refractivity contribution in [3.63, 3.8) is 0 Å². The van der Waals surface area contributed by atoms with Crippen LogP contribution in [0.4, 0.5) is 5.69 Å². The van der Waals surface area contributed by atoms with Crippen LogP contribution in [0, 0.1) is 6.92 Å². The Balaban J connectivity index is 1.32. The largest absolute Gasteiger partial charge is 0.368 e. The van der Waals surface area contributed by atoms with E-state index in [1.807, 2.05) is 54.3 Å². The lowest BCUT2D eigenvalue weighted by Gasteiger charge is -2.36. The molecule has 4 aromatic rings. The molecular weight excluding hydrogens is 432 g/mol. The Morgan fingerprint density at radius 3 is 2.39 bits per heavy atom. The van der Waals surface area contributed by atoms with Crippen molar-refractivity contribution in [3.05, 3.63) is 81.0 Å². The van der Waals surface area contributed by atoms with Crippen LogP contribution in [0.2, 0.25) is 0 Å². The van der Waals surface area contributed by atoms with Crippen molar-refractivity contribution in [2.75, 3.05) is 31.1 Å². The number of thiophene rings is 1. The van der Waals surface area contributed by atoms with Crippen LogP contribution in [0.1, 0.15) is 27.7 Å². The molecule has 3 heterocycles. The van der Waals surface area contributed by atoms with Crippen molar-refractivity contribution in [1.82, 2.24) is 14.9 Å². The second-order valence-electron chi connectivity index (χ2n) is 8.28. The van der Waals surface area contributed by atoms with E-state index in [2.05, 4.69) is 28.9 Å².